The van der Waals surface area contributed by atoms with Gasteiger partial charge >= 0.3 is 5.97 Å². The Bertz CT molecular complexity index is 507. The molecule has 0 atom stereocenters. The third kappa shape index (κ3) is 4.51. The molecule has 1 heterocycles. The molecule has 0 saturated heterocycles. The first kappa shape index (κ1) is 15.9. The predicted molar refractivity (Wildman–Crippen MR) is 72.9 cm³/mol. The molecule has 0 aliphatic heterocycles. The highest BCUT2D eigenvalue weighted by atomic mass is 16.4. The fourth-order valence-corrected chi connectivity index (χ4v) is 1.63. The lowest BCUT2D eigenvalue weighted by atomic mass is 10.2. The van der Waals surface area contributed by atoms with E-state index in [2.05, 4.69) is 4.98 Å². The van der Waals surface area contributed by atoms with Gasteiger partial charge in [0.2, 0.25) is 0 Å². The number of carbonyl (C=O) groups is 3. The van der Waals surface area contributed by atoms with E-state index in [0.29, 0.717) is 18.7 Å². The second kappa shape index (κ2) is 6.85. The largest absolute Gasteiger partial charge is 0.480 e. The van der Waals surface area contributed by atoms with Crippen LogP contribution in [0, 0.1) is 0 Å². The van der Waals surface area contributed by atoms with Crippen LogP contribution in [-0.2, 0) is 4.79 Å². The molecule has 0 bridgehead atoms. The van der Waals surface area contributed by atoms with Crippen molar-refractivity contribution in [3.05, 3.63) is 23.5 Å². The fourth-order valence-electron chi connectivity index (χ4n) is 1.63. The summed E-state index contributed by atoms with van der Waals surface area (Å²) in [6.07, 6.45) is 1.44. The maximum atomic E-state index is 12.2. The molecule has 1 amide bonds. The van der Waals surface area contributed by atoms with E-state index < -0.39 is 11.9 Å². The molecule has 0 radical (unpaired) electrons. The fraction of sp³-hybridized carbons (Fsp3) is 0.462. The van der Waals surface area contributed by atoms with Crippen LogP contribution in [0.3, 0.4) is 0 Å². The van der Waals surface area contributed by atoms with Crippen molar-refractivity contribution in [3.8, 4) is 0 Å². The molecule has 0 aliphatic rings. The second-order valence-corrected chi connectivity index (χ2v) is 4.78. The number of carboxylic acids is 1. The zero-order valence-corrected chi connectivity index (χ0v) is 11.8. The van der Waals surface area contributed by atoms with E-state index in [4.69, 9.17) is 5.11 Å². The Hall–Kier alpha value is -2.15. The molecular formula is C13H19N3O4. The Morgan fingerprint density at radius 2 is 1.90 bits per heavy atom. The van der Waals surface area contributed by atoms with E-state index in [1.807, 2.05) is 19.0 Å². The van der Waals surface area contributed by atoms with Crippen LogP contribution in [0.4, 0.5) is 0 Å². The number of aliphatic carboxylic acids is 1. The summed E-state index contributed by atoms with van der Waals surface area (Å²) in [4.78, 5) is 40.1. The minimum absolute atomic E-state index is 0.154. The van der Waals surface area contributed by atoms with Crippen LogP contribution >= 0.6 is 0 Å². The number of nitrogens with zero attached hydrogens (tertiary/aromatic N) is 2. The topological polar surface area (TPSA) is 93.7 Å². The summed E-state index contributed by atoms with van der Waals surface area (Å²) in [6.45, 7) is 1.88. The van der Waals surface area contributed by atoms with Gasteiger partial charge in [-0.15, -0.1) is 0 Å². The number of nitrogens with one attached hydrogen (secondary N) is 1. The van der Waals surface area contributed by atoms with E-state index in [-0.39, 0.29) is 18.0 Å². The lowest BCUT2D eigenvalue weighted by Gasteiger charge is -2.22. The summed E-state index contributed by atoms with van der Waals surface area (Å²) in [6, 6.07) is 1.44. The number of aromatic nitrogens is 1. The summed E-state index contributed by atoms with van der Waals surface area (Å²) < 4.78 is 0. The average molecular weight is 281 g/mol. The van der Waals surface area contributed by atoms with Crippen LogP contribution in [0.1, 0.15) is 27.8 Å². The standard InChI is InChI=1S/C13H19N3O4/c1-9(17)10-6-11(14-7-10)13(20)16(8-12(18)19)5-4-15(2)3/h6-7,14H,4-5,8H2,1-3H3,(H,18,19). The van der Waals surface area contributed by atoms with Crippen LogP contribution in [0.15, 0.2) is 12.3 Å². The molecule has 0 spiro atoms. The zero-order valence-electron chi connectivity index (χ0n) is 11.8. The molecule has 20 heavy (non-hydrogen) atoms. The molecule has 0 aliphatic carbocycles. The molecule has 1 rings (SSSR count). The average Bonchev–Trinajstić information content (AvgIpc) is 2.82. The number of carbonyl (C=O) groups excluding carboxylic acids is 2. The highest BCUT2D eigenvalue weighted by molar-refractivity contribution is 5.99. The smallest absolute Gasteiger partial charge is 0.323 e. The van der Waals surface area contributed by atoms with E-state index in [1.54, 1.807) is 0 Å². The van der Waals surface area contributed by atoms with Crippen molar-refractivity contribution in [2.45, 2.75) is 6.92 Å². The van der Waals surface area contributed by atoms with Gasteiger partial charge in [-0.1, -0.05) is 0 Å². The summed E-state index contributed by atoms with van der Waals surface area (Å²) in [5.41, 5.74) is 0.617. The van der Waals surface area contributed by atoms with Gasteiger partial charge in [0.1, 0.15) is 12.2 Å². The maximum Gasteiger partial charge on any atom is 0.323 e. The van der Waals surface area contributed by atoms with E-state index >= 15 is 0 Å². The van der Waals surface area contributed by atoms with Gasteiger partial charge in [0.05, 0.1) is 0 Å². The van der Waals surface area contributed by atoms with Gasteiger partial charge in [-0.3, -0.25) is 14.4 Å². The van der Waals surface area contributed by atoms with Crippen molar-refractivity contribution in [2.24, 2.45) is 0 Å². The summed E-state index contributed by atoms with van der Waals surface area (Å²) >= 11 is 0. The number of hydrogen-bond donors (Lipinski definition) is 2. The second-order valence-electron chi connectivity index (χ2n) is 4.78. The molecule has 7 heteroatoms. The van der Waals surface area contributed by atoms with Crippen LogP contribution in [0.2, 0.25) is 0 Å². The Morgan fingerprint density at radius 1 is 1.25 bits per heavy atom. The molecule has 1 aromatic heterocycles. The van der Waals surface area contributed by atoms with Crippen molar-refractivity contribution in [1.29, 1.82) is 0 Å². The first-order chi connectivity index (χ1) is 9.31. The molecule has 7 nitrogen and oxygen atoms in total. The van der Waals surface area contributed by atoms with Gasteiger partial charge in [0, 0.05) is 24.8 Å². The van der Waals surface area contributed by atoms with Crippen LogP contribution < -0.4 is 0 Å². The van der Waals surface area contributed by atoms with Gasteiger partial charge < -0.3 is 19.9 Å². The third-order valence-corrected chi connectivity index (χ3v) is 2.75. The SMILES string of the molecule is CC(=O)c1c[nH]c(C(=O)N(CCN(C)C)CC(=O)O)c1. The van der Waals surface area contributed by atoms with E-state index in [0.717, 1.165) is 0 Å². The molecular weight excluding hydrogens is 262 g/mol. The van der Waals surface area contributed by atoms with Crippen molar-refractivity contribution in [2.75, 3.05) is 33.7 Å². The van der Waals surface area contributed by atoms with Crippen molar-refractivity contribution in [1.82, 2.24) is 14.8 Å². The Kier molecular flexibility index (Phi) is 5.45. The molecule has 0 aromatic carbocycles. The van der Waals surface area contributed by atoms with Gasteiger partial charge in [-0.05, 0) is 27.1 Å². The number of aromatic amines is 1. The summed E-state index contributed by atoms with van der Waals surface area (Å²) in [5.74, 6) is -1.66. The Labute approximate surface area is 117 Å². The number of rotatable bonds is 7. The summed E-state index contributed by atoms with van der Waals surface area (Å²) in [7, 11) is 3.68. The minimum atomic E-state index is -1.07. The minimum Gasteiger partial charge on any atom is -0.480 e. The zero-order chi connectivity index (χ0) is 15.3. The molecule has 0 fully saturated rings. The van der Waals surface area contributed by atoms with Gasteiger partial charge in [0.15, 0.2) is 5.78 Å². The first-order valence-corrected chi connectivity index (χ1v) is 6.16. The summed E-state index contributed by atoms with van der Waals surface area (Å²) in [5, 5.41) is 8.87. The molecule has 0 unspecified atom stereocenters. The highest BCUT2D eigenvalue weighted by Crippen LogP contribution is 2.08. The molecule has 2 N–H and O–H groups in total. The predicted octanol–water partition coefficient (Wildman–Crippen LogP) is 0.306. The Balaban J connectivity index is 2.84. The first-order valence-electron chi connectivity index (χ1n) is 6.16. The van der Waals surface area contributed by atoms with Crippen molar-refractivity contribution < 1.29 is 19.5 Å². The van der Waals surface area contributed by atoms with Crippen molar-refractivity contribution >= 4 is 17.7 Å². The quantitative estimate of drug-likeness (QED) is 0.701. The number of Topliss-reactive ketones (excluding diaryl/α,β-unsaturated/α-hetero) is 1. The van der Waals surface area contributed by atoms with E-state index in [1.165, 1.54) is 24.1 Å². The van der Waals surface area contributed by atoms with Crippen molar-refractivity contribution in [3.63, 3.8) is 0 Å². The number of carboxylic acid groups (broad SMARTS) is 1. The number of likely N-dealkylation sites (N-methyl/N-ethyl adjacent to an activating group) is 1. The monoisotopic (exact) mass is 281 g/mol. The van der Waals surface area contributed by atoms with Crippen LogP contribution in [0.25, 0.3) is 0 Å². The van der Waals surface area contributed by atoms with Gasteiger partial charge in [-0.2, -0.15) is 0 Å². The highest BCUT2D eigenvalue weighted by Gasteiger charge is 2.20. The van der Waals surface area contributed by atoms with Gasteiger partial charge in [-0.25, -0.2) is 0 Å². The molecule has 0 saturated carbocycles. The van der Waals surface area contributed by atoms with E-state index in [9.17, 15) is 14.4 Å². The lowest BCUT2D eigenvalue weighted by molar-refractivity contribution is -0.137. The van der Waals surface area contributed by atoms with Gasteiger partial charge in [0.25, 0.3) is 5.91 Å². The number of H-pyrrole nitrogens is 1. The molecule has 1 aromatic rings. The van der Waals surface area contributed by atoms with Crippen LogP contribution in [-0.4, -0.2) is 71.3 Å². The molecule has 110 valence electrons. The normalized spacial score (nSPS) is 10.6. The maximum absolute atomic E-state index is 12.2. The number of ketones is 1. The lowest BCUT2D eigenvalue weighted by Crippen LogP contribution is -2.40. The van der Waals surface area contributed by atoms with Crippen LogP contribution in [0.5, 0.6) is 0 Å². The third-order valence-electron chi connectivity index (χ3n) is 2.75. The number of hydrogen-bond acceptors (Lipinski definition) is 4. The Morgan fingerprint density at radius 3 is 2.35 bits per heavy atom. The number of amides is 1.